The average Bonchev–Trinajstić information content (AvgIpc) is 2.72. The Bertz CT molecular complexity index is 940. The fraction of sp³-hybridized carbons (Fsp3) is 0.519. The Morgan fingerprint density at radius 1 is 1.16 bits per heavy atom. The number of fused-ring (bicyclic) bond motifs is 4. The van der Waals surface area contributed by atoms with E-state index < -0.39 is 0 Å². The van der Waals surface area contributed by atoms with Crippen molar-refractivity contribution >= 4 is 11.6 Å². The molecule has 4 heteroatoms. The van der Waals surface area contributed by atoms with Gasteiger partial charge >= 0.3 is 0 Å². The molecule has 0 saturated carbocycles. The highest BCUT2D eigenvalue weighted by Crippen LogP contribution is 2.57. The first-order valence-corrected chi connectivity index (χ1v) is 11.5. The van der Waals surface area contributed by atoms with Crippen LogP contribution in [0.5, 0.6) is 0 Å². The first-order valence-electron chi connectivity index (χ1n) is 11.5. The molecule has 1 N–H and O–H groups in total. The van der Waals surface area contributed by atoms with Gasteiger partial charge in [0.15, 0.2) is 0 Å². The predicted molar refractivity (Wildman–Crippen MR) is 126 cm³/mol. The van der Waals surface area contributed by atoms with Crippen molar-refractivity contribution in [3.8, 4) is 0 Å². The normalized spacial score (nSPS) is 25.5. The third-order valence-electron chi connectivity index (χ3n) is 7.94. The van der Waals surface area contributed by atoms with Gasteiger partial charge in [0, 0.05) is 30.6 Å². The lowest BCUT2D eigenvalue weighted by Crippen LogP contribution is -2.64. The summed E-state index contributed by atoms with van der Waals surface area (Å²) in [5, 5.41) is 3.08. The molecule has 2 bridgehead atoms. The molecule has 2 aromatic rings. The van der Waals surface area contributed by atoms with Crippen LogP contribution in [-0.2, 0) is 28.0 Å². The third kappa shape index (κ3) is 4.04. The van der Waals surface area contributed by atoms with E-state index in [4.69, 9.17) is 4.74 Å². The van der Waals surface area contributed by atoms with Crippen molar-refractivity contribution in [3.05, 3.63) is 65.2 Å². The van der Waals surface area contributed by atoms with Crippen LogP contribution >= 0.6 is 0 Å². The molecule has 1 aliphatic carbocycles. The molecule has 0 spiro atoms. The molecule has 0 radical (unpaired) electrons. The maximum absolute atomic E-state index is 11.8. The molecule has 166 valence electrons. The highest BCUT2D eigenvalue weighted by atomic mass is 16.5. The van der Waals surface area contributed by atoms with Gasteiger partial charge in [0.25, 0.3) is 0 Å². The van der Waals surface area contributed by atoms with Gasteiger partial charge in [-0.25, -0.2) is 0 Å². The number of benzene rings is 2. The van der Waals surface area contributed by atoms with Crippen LogP contribution in [-0.4, -0.2) is 36.0 Å². The lowest BCUT2D eigenvalue weighted by molar-refractivity contribution is -0.114. The van der Waals surface area contributed by atoms with E-state index in [-0.39, 0.29) is 22.8 Å². The third-order valence-corrected chi connectivity index (χ3v) is 7.94. The standard InChI is InChI=1S/C27H36N2O2/c1-19(31-18-21-10-7-6-8-11-21)17-29-15-14-27(5)23-12-9-13-24(28-20(2)30)22(23)16-25(29)26(27,3)4/h6-13,19,25H,14-18H2,1-5H3,(H,28,30)/t19?,25-,27+/m1/s1. The van der Waals surface area contributed by atoms with Gasteiger partial charge in [0.2, 0.25) is 5.91 Å². The Balaban J connectivity index is 1.55. The number of amides is 1. The molecule has 1 amide bonds. The average molecular weight is 421 g/mol. The molecule has 31 heavy (non-hydrogen) atoms. The molecule has 2 aromatic carbocycles. The lowest BCUT2D eigenvalue weighted by atomic mass is 9.51. The van der Waals surface area contributed by atoms with Gasteiger partial charge in [-0.15, -0.1) is 0 Å². The van der Waals surface area contributed by atoms with E-state index in [1.54, 1.807) is 6.92 Å². The minimum atomic E-state index is -0.00617. The summed E-state index contributed by atoms with van der Waals surface area (Å²) in [4.78, 5) is 14.4. The number of carbonyl (C=O) groups excluding carboxylic acids is 1. The molecule has 2 aliphatic rings. The van der Waals surface area contributed by atoms with Gasteiger partial charge in [-0.05, 0) is 54.5 Å². The molecular formula is C27H36N2O2. The Morgan fingerprint density at radius 2 is 1.90 bits per heavy atom. The van der Waals surface area contributed by atoms with Gasteiger partial charge in [0.1, 0.15) is 0 Å². The molecule has 0 aromatic heterocycles. The highest BCUT2D eigenvalue weighted by molar-refractivity contribution is 5.90. The van der Waals surface area contributed by atoms with E-state index in [0.29, 0.717) is 12.6 Å². The molecule has 1 heterocycles. The molecule has 1 saturated heterocycles. The summed E-state index contributed by atoms with van der Waals surface area (Å²) in [5.41, 5.74) is 5.14. The Labute approximate surface area is 187 Å². The summed E-state index contributed by atoms with van der Waals surface area (Å²) < 4.78 is 6.21. The summed E-state index contributed by atoms with van der Waals surface area (Å²) >= 11 is 0. The Morgan fingerprint density at radius 3 is 2.61 bits per heavy atom. The second-order valence-electron chi connectivity index (χ2n) is 10.1. The van der Waals surface area contributed by atoms with Gasteiger partial charge in [-0.3, -0.25) is 9.69 Å². The maximum atomic E-state index is 11.8. The monoisotopic (exact) mass is 420 g/mol. The van der Waals surface area contributed by atoms with Crippen molar-refractivity contribution in [2.45, 2.75) is 71.6 Å². The van der Waals surface area contributed by atoms with E-state index in [2.05, 4.69) is 74.3 Å². The van der Waals surface area contributed by atoms with Gasteiger partial charge in [-0.2, -0.15) is 0 Å². The number of piperidine rings is 1. The number of nitrogens with one attached hydrogen (secondary N) is 1. The fourth-order valence-electron chi connectivity index (χ4n) is 5.77. The summed E-state index contributed by atoms with van der Waals surface area (Å²) in [7, 11) is 0. The second-order valence-corrected chi connectivity index (χ2v) is 10.1. The first-order chi connectivity index (χ1) is 14.7. The van der Waals surface area contributed by atoms with Crippen LogP contribution in [0.3, 0.4) is 0 Å². The van der Waals surface area contributed by atoms with E-state index in [1.807, 2.05) is 12.1 Å². The molecule has 4 rings (SSSR count). The van der Waals surface area contributed by atoms with Gasteiger partial charge in [0.05, 0.1) is 12.7 Å². The Hall–Kier alpha value is -2.17. The minimum Gasteiger partial charge on any atom is -0.373 e. The zero-order valence-corrected chi connectivity index (χ0v) is 19.6. The van der Waals surface area contributed by atoms with Gasteiger partial charge < -0.3 is 10.1 Å². The number of hydrogen-bond acceptors (Lipinski definition) is 3. The van der Waals surface area contributed by atoms with Crippen LogP contribution < -0.4 is 5.32 Å². The van der Waals surface area contributed by atoms with E-state index in [0.717, 1.165) is 31.6 Å². The van der Waals surface area contributed by atoms with Crippen LogP contribution in [0.4, 0.5) is 5.69 Å². The SMILES string of the molecule is CC(=O)Nc1cccc2c1C[C@H]1N(CC(C)OCc3ccccc3)CC[C@]2(C)C1(C)C. The van der Waals surface area contributed by atoms with Crippen molar-refractivity contribution in [2.24, 2.45) is 5.41 Å². The molecule has 4 nitrogen and oxygen atoms in total. The fourth-order valence-corrected chi connectivity index (χ4v) is 5.77. The topological polar surface area (TPSA) is 41.6 Å². The second kappa shape index (κ2) is 8.40. The molecular weight excluding hydrogens is 384 g/mol. The highest BCUT2D eigenvalue weighted by Gasteiger charge is 2.56. The number of hydrogen-bond donors (Lipinski definition) is 1. The number of nitrogens with zero attached hydrogens (tertiary/aromatic N) is 1. The van der Waals surface area contributed by atoms with Crippen molar-refractivity contribution in [3.63, 3.8) is 0 Å². The van der Waals surface area contributed by atoms with Crippen LogP contribution in [0.1, 0.15) is 57.7 Å². The van der Waals surface area contributed by atoms with Crippen LogP contribution in [0.2, 0.25) is 0 Å². The first kappa shape index (κ1) is 22.0. The predicted octanol–water partition coefficient (Wildman–Crippen LogP) is 5.16. The summed E-state index contributed by atoms with van der Waals surface area (Å²) in [6.45, 7) is 13.7. The number of anilines is 1. The van der Waals surface area contributed by atoms with Crippen molar-refractivity contribution in [1.29, 1.82) is 0 Å². The molecule has 1 fully saturated rings. The summed E-state index contributed by atoms with van der Waals surface area (Å²) in [6.07, 6.45) is 2.23. The summed E-state index contributed by atoms with van der Waals surface area (Å²) in [5.74, 6) is -0.00617. The van der Waals surface area contributed by atoms with Gasteiger partial charge in [-0.1, -0.05) is 63.2 Å². The van der Waals surface area contributed by atoms with Crippen LogP contribution in [0, 0.1) is 5.41 Å². The number of ether oxygens (including phenoxy) is 1. The maximum Gasteiger partial charge on any atom is 0.221 e. The van der Waals surface area contributed by atoms with E-state index in [1.165, 1.54) is 16.7 Å². The minimum absolute atomic E-state index is 0.00617. The van der Waals surface area contributed by atoms with Crippen molar-refractivity contribution < 1.29 is 9.53 Å². The molecule has 1 unspecified atom stereocenters. The van der Waals surface area contributed by atoms with E-state index >= 15 is 0 Å². The smallest absolute Gasteiger partial charge is 0.221 e. The number of carbonyl (C=O) groups is 1. The summed E-state index contributed by atoms with van der Waals surface area (Å²) in [6, 6.07) is 17.2. The van der Waals surface area contributed by atoms with Crippen LogP contribution in [0.15, 0.2) is 48.5 Å². The zero-order chi connectivity index (χ0) is 22.2. The molecule has 1 aliphatic heterocycles. The molecule has 3 atom stereocenters. The Kier molecular flexibility index (Phi) is 5.97. The van der Waals surface area contributed by atoms with Crippen molar-refractivity contribution in [1.82, 2.24) is 4.90 Å². The van der Waals surface area contributed by atoms with Crippen LogP contribution in [0.25, 0.3) is 0 Å². The quantitative estimate of drug-likeness (QED) is 0.701. The lowest BCUT2D eigenvalue weighted by Gasteiger charge is -2.61. The largest absolute Gasteiger partial charge is 0.373 e. The number of rotatable bonds is 6. The van der Waals surface area contributed by atoms with E-state index in [9.17, 15) is 4.79 Å². The van der Waals surface area contributed by atoms with Crippen molar-refractivity contribution in [2.75, 3.05) is 18.4 Å². The number of likely N-dealkylation sites (tertiary alicyclic amines) is 1. The zero-order valence-electron chi connectivity index (χ0n) is 19.6.